The molecule has 3 heteroatoms. The molecule has 78 valence electrons. The SMILES string of the molecule is CC(C)Cn1cc(C(C)N)ccc1=O. The highest BCUT2D eigenvalue weighted by molar-refractivity contribution is 5.13. The fourth-order valence-corrected chi connectivity index (χ4v) is 1.36. The first-order valence-electron chi connectivity index (χ1n) is 4.96. The molecule has 0 aliphatic heterocycles. The number of pyridine rings is 1. The minimum atomic E-state index is -0.0194. The Hall–Kier alpha value is -1.09. The number of nitrogens with two attached hydrogens (primary N) is 1. The summed E-state index contributed by atoms with van der Waals surface area (Å²) in [7, 11) is 0. The van der Waals surface area contributed by atoms with Crippen molar-refractivity contribution in [2.75, 3.05) is 0 Å². The monoisotopic (exact) mass is 194 g/mol. The van der Waals surface area contributed by atoms with Crippen LogP contribution in [0.1, 0.15) is 32.4 Å². The van der Waals surface area contributed by atoms with E-state index in [4.69, 9.17) is 5.73 Å². The van der Waals surface area contributed by atoms with Gasteiger partial charge in [-0.05, 0) is 18.4 Å². The molecule has 1 atom stereocenters. The molecule has 0 amide bonds. The average molecular weight is 194 g/mol. The molecule has 0 aromatic carbocycles. The molecule has 0 radical (unpaired) electrons. The van der Waals surface area contributed by atoms with E-state index in [9.17, 15) is 4.79 Å². The molecule has 0 saturated carbocycles. The molecule has 0 aliphatic rings. The van der Waals surface area contributed by atoms with Gasteiger partial charge in [0, 0.05) is 24.8 Å². The number of aromatic nitrogens is 1. The molecule has 14 heavy (non-hydrogen) atoms. The van der Waals surface area contributed by atoms with Gasteiger partial charge >= 0.3 is 0 Å². The summed E-state index contributed by atoms with van der Waals surface area (Å²) < 4.78 is 1.73. The Kier molecular flexibility index (Phi) is 3.47. The van der Waals surface area contributed by atoms with Crippen LogP contribution in [0, 0.1) is 5.92 Å². The molecule has 0 saturated heterocycles. The molecule has 1 aromatic rings. The molecule has 1 rings (SSSR count). The van der Waals surface area contributed by atoms with Crippen LogP contribution >= 0.6 is 0 Å². The van der Waals surface area contributed by atoms with Gasteiger partial charge in [-0.25, -0.2) is 0 Å². The standard InChI is InChI=1S/C11H18N2O/c1-8(2)6-13-7-10(9(3)12)4-5-11(13)14/h4-5,7-9H,6,12H2,1-3H3. The molecule has 1 unspecified atom stereocenters. The van der Waals surface area contributed by atoms with Crippen molar-refractivity contribution in [3.63, 3.8) is 0 Å². The largest absolute Gasteiger partial charge is 0.324 e. The molecule has 1 aromatic heterocycles. The van der Waals surface area contributed by atoms with Crippen LogP contribution in [0.4, 0.5) is 0 Å². The van der Waals surface area contributed by atoms with Gasteiger partial charge in [0.05, 0.1) is 0 Å². The summed E-state index contributed by atoms with van der Waals surface area (Å²) >= 11 is 0. The highest BCUT2D eigenvalue weighted by Crippen LogP contribution is 2.07. The van der Waals surface area contributed by atoms with Crippen LogP contribution in [0.25, 0.3) is 0 Å². The lowest BCUT2D eigenvalue weighted by atomic mass is 10.1. The molecule has 2 N–H and O–H groups in total. The normalized spacial score (nSPS) is 13.2. The Morgan fingerprint density at radius 3 is 2.50 bits per heavy atom. The smallest absolute Gasteiger partial charge is 0.250 e. The average Bonchev–Trinajstić information content (AvgIpc) is 2.07. The van der Waals surface area contributed by atoms with Gasteiger partial charge in [0.1, 0.15) is 0 Å². The third-order valence-electron chi connectivity index (χ3n) is 2.09. The second-order valence-corrected chi connectivity index (χ2v) is 4.14. The highest BCUT2D eigenvalue weighted by Gasteiger charge is 2.03. The van der Waals surface area contributed by atoms with Gasteiger partial charge in [-0.15, -0.1) is 0 Å². The van der Waals surface area contributed by atoms with Gasteiger partial charge in [0.15, 0.2) is 0 Å². The van der Waals surface area contributed by atoms with E-state index in [1.165, 1.54) is 0 Å². The molecule has 1 heterocycles. The molecule has 0 bridgehead atoms. The number of rotatable bonds is 3. The summed E-state index contributed by atoms with van der Waals surface area (Å²) in [5, 5.41) is 0. The van der Waals surface area contributed by atoms with Crippen LogP contribution in [-0.2, 0) is 6.54 Å². The zero-order chi connectivity index (χ0) is 10.7. The van der Waals surface area contributed by atoms with Crippen molar-refractivity contribution < 1.29 is 0 Å². The Balaban J connectivity index is 3.02. The Morgan fingerprint density at radius 2 is 2.00 bits per heavy atom. The maximum absolute atomic E-state index is 11.5. The topological polar surface area (TPSA) is 48.0 Å². The first kappa shape index (κ1) is 11.0. The van der Waals surface area contributed by atoms with E-state index in [1.54, 1.807) is 16.7 Å². The maximum atomic E-state index is 11.5. The molecular weight excluding hydrogens is 176 g/mol. The van der Waals surface area contributed by atoms with Crippen LogP contribution in [0.15, 0.2) is 23.1 Å². The predicted octanol–water partition coefficient (Wildman–Crippen LogP) is 1.52. The van der Waals surface area contributed by atoms with Gasteiger partial charge in [-0.1, -0.05) is 19.9 Å². The fourth-order valence-electron chi connectivity index (χ4n) is 1.36. The Labute approximate surface area is 84.6 Å². The minimum Gasteiger partial charge on any atom is -0.324 e. The summed E-state index contributed by atoms with van der Waals surface area (Å²) in [6, 6.07) is 3.36. The van der Waals surface area contributed by atoms with E-state index in [2.05, 4.69) is 13.8 Å². The van der Waals surface area contributed by atoms with Crippen LogP contribution < -0.4 is 11.3 Å². The first-order valence-corrected chi connectivity index (χ1v) is 4.96. The molecule has 3 nitrogen and oxygen atoms in total. The van der Waals surface area contributed by atoms with Crippen molar-refractivity contribution in [1.82, 2.24) is 4.57 Å². The minimum absolute atomic E-state index is 0.0194. The van der Waals surface area contributed by atoms with Crippen LogP contribution in [0.5, 0.6) is 0 Å². The van der Waals surface area contributed by atoms with Crippen molar-refractivity contribution in [2.24, 2.45) is 11.7 Å². The van der Waals surface area contributed by atoms with Gasteiger partial charge in [-0.2, -0.15) is 0 Å². The van der Waals surface area contributed by atoms with E-state index in [0.717, 1.165) is 12.1 Å². The highest BCUT2D eigenvalue weighted by atomic mass is 16.1. The van der Waals surface area contributed by atoms with Gasteiger partial charge < -0.3 is 10.3 Å². The van der Waals surface area contributed by atoms with Gasteiger partial charge in [0.2, 0.25) is 0 Å². The lowest BCUT2D eigenvalue weighted by Crippen LogP contribution is -2.22. The fraction of sp³-hybridized carbons (Fsp3) is 0.545. The predicted molar refractivity (Wildman–Crippen MR) is 58.1 cm³/mol. The van der Waals surface area contributed by atoms with Crippen molar-refractivity contribution in [2.45, 2.75) is 33.4 Å². The summed E-state index contributed by atoms with van der Waals surface area (Å²) in [6.45, 7) is 6.84. The zero-order valence-electron chi connectivity index (χ0n) is 9.03. The lowest BCUT2D eigenvalue weighted by Gasteiger charge is -2.12. The van der Waals surface area contributed by atoms with E-state index in [-0.39, 0.29) is 11.6 Å². The summed E-state index contributed by atoms with van der Waals surface area (Å²) in [4.78, 5) is 11.5. The summed E-state index contributed by atoms with van der Waals surface area (Å²) in [5.74, 6) is 0.469. The number of nitrogens with zero attached hydrogens (tertiary/aromatic N) is 1. The van der Waals surface area contributed by atoms with E-state index < -0.39 is 0 Å². The molecule has 0 spiro atoms. The van der Waals surface area contributed by atoms with E-state index in [1.807, 2.05) is 13.1 Å². The van der Waals surface area contributed by atoms with Gasteiger partial charge in [0.25, 0.3) is 5.56 Å². The van der Waals surface area contributed by atoms with Gasteiger partial charge in [-0.3, -0.25) is 4.79 Å². The van der Waals surface area contributed by atoms with Crippen LogP contribution in [0.3, 0.4) is 0 Å². The van der Waals surface area contributed by atoms with Crippen molar-refractivity contribution in [3.8, 4) is 0 Å². The zero-order valence-corrected chi connectivity index (χ0v) is 9.03. The lowest BCUT2D eigenvalue weighted by molar-refractivity contribution is 0.507. The molecule has 0 fully saturated rings. The Morgan fingerprint density at radius 1 is 1.36 bits per heavy atom. The summed E-state index contributed by atoms with van der Waals surface area (Å²) in [5.41, 5.74) is 6.80. The number of hydrogen-bond donors (Lipinski definition) is 1. The summed E-state index contributed by atoms with van der Waals surface area (Å²) in [6.07, 6.45) is 1.85. The van der Waals surface area contributed by atoms with Crippen LogP contribution in [-0.4, -0.2) is 4.57 Å². The third-order valence-corrected chi connectivity index (χ3v) is 2.09. The van der Waals surface area contributed by atoms with Crippen molar-refractivity contribution >= 4 is 0 Å². The van der Waals surface area contributed by atoms with Crippen molar-refractivity contribution in [3.05, 3.63) is 34.2 Å². The quantitative estimate of drug-likeness (QED) is 0.793. The molecule has 0 aliphatic carbocycles. The Bertz CT molecular complexity index is 353. The second kappa shape index (κ2) is 4.42. The van der Waals surface area contributed by atoms with Crippen LogP contribution in [0.2, 0.25) is 0 Å². The van der Waals surface area contributed by atoms with Crippen molar-refractivity contribution in [1.29, 1.82) is 0 Å². The third kappa shape index (κ3) is 2.70. The first-order chi connectivity index (χ1) is 6.50. The van der Waals surface area contributed by atoms with E-state index >= 15 is 0 Å². The number of hydrogen-bond acceptors (Lipinski definition) is 2. The molecular formula is C11H18N2O. The maximum Gasteiger partial charge on any atom is 0.250 e. The van der Waals surface area contributed by atoms with E-state index in [0.29, 0.717) is 5.92 Å². The second-order valence-electron chi connectivity index (χ2n) is 4.14.